The minimum Gasteiger partial charge on any atom is -0.450 e. The van der Waals surface area contributed by atoms with Gasteiger partial charge in [-0.3, -0.25) is 9.59 Å². The van der Waals surface area contributed by atoms with E-state index in [2.05, 4.69) is 5.32 Å². The van der Waals surface area contributed by atoms with Gasteiger partial charge in [0, 0.05) is 37.7 Å². The first-order valence-corrected chi connectivity index (χ1v) is 9.70. The fourth-order valence-corrected chi connectivity index (χ4v) is 3.67. The smallest absolute Gasteiger partial charge is 0.409 e. The number of nitrogens with zero attached hydrogens (tertiary/aromatic N) is 2. The molecule has 8 heteroatoms. The molecule has 1 aromatic carbocycles. The molecule has 2 aliphatic rings. The van der Waals surface area contributed by atoms with E-state index in [1.165, 1.54) is 0 Å². The van der Waals surface area contributed by atoms with Crippen LogP contribution in [0.4, 0.5) is 10.5 Å². The van der Waals surface area contributed by atoms with E-state index in [0.717, 1.165) is 6.42 Å². The molecular weight excluding hydrogens is 370 g/mol. The third-order valence-electron chi connectivity index (χ3n) is 4.93. The molecule has 1 aromatic rings. The highest BCUT2D eigenvalue weighted by molar-refractivity contribution is 6.34. The van der Waals surface area contributed by atoms with Crippen molar-refractivity contribution in [2.75, 3.05) is 31.1 Å². The van der Waals surface area contributed by atoms with Crippen molar-refractivity contribution >= 4 is 35.2 Å². The number of ether oxygens (including phenoxy) is 1. The Morgan fingerprint density at radius 1 is 1.26 bits per heavy atom. The molecule has 146 valence electrons. The minimum absolute atomic E-state index is 0.00396. The molecule has 0 saturated carbocycles. The Balaban J connectivity index is 1.60. The maximum Gasteiger partial charge on any atom is 0.409 e. The maximum absolute atomic E-state index is 12.6. The van der Waals surface area contributed by atoms with E-state index >= 15 is 0 Å². The molecule has 27 heavy (non-hydrogen) atoms. The zero-order valence-electron chi connectivity index (χ0n) is 15.4. The van der Waals surface area contributed by atoms with Gasteiger partial charge in [0.15, 0.2) is 0 Å². The monoisotopic (exact) mass is 393 g/mol. The molecule has 0 bridgehead atoms. The number of nitrogens with one attached hydrogen (secondary N) is 1. The molecule has 2 heterocycles. The summed E-state index contributed by atoms with van der Waals surface area (Å²) in [6, 6.07) is 4.99. The van der Waals surface area contributed by atoms with Gasteiger partial charge in [0.1, 0.15) is 0 Å². The van der Waals surface area contributed by atoms with Gasteiger partial charge in [0.2, 0.25) is 5.91 Å². The van der Waals surface area contributed by atoms with Gasteiger partial charge in [-0.1, -0.05) is 11.6 Å². The number of anilines is 1. The highest BCUT2D eigenvalue weighted by Crippen LogP contribution is 2.30. The van der Waals surface area contributed by atoms with Gasteiger partial charge in [0.25, 0.3) is 5.91 Å². The van der Waals surface area contributed by atoms with Gasteiger partial charge in [-0.05, 0) is 44.4 Å². The molecule has 3 rings (SSSR count). The second-order valence-electron chi connectivity index (χ2n) is 6.75. The van der Waals surface area contributed by atoms with Crippen molar-refractivity contribution < 1.29 is 19.1 Å². The fraction of sp³-hybridized carbons (Fsp3) is 0.526. The first-order chi connectivity index (χ1) is 13.0. The SMILES string of the molecule is CCOC(=O)N1CCC(NC(=O)c2ccc(Cl)c(N3CCCC3=O)c2)CC1. The average molecular weight is 394 g/mol. The molecular formula is C19H24ClN3O4. The number of halogens is 1. The van der Waals surface area contributed by atoms with Crippen LogP contribution in [0.3, 0.4) is 0 Å². The van der Waals surface area contributed by atoms with Crippen LogP contribution in [0.25, 0.3) is 0 Å². The van der Waals surface area contributed by atoms with Gasteiger partial charge < -0.3 is 19.9 Å². The van der Waals surface area contributed by atoms with Crippen molar-refractivity contribution in [2.45, 2.75) is 38.6 Å². The Hall–Kier alpha value is -2.28. The number of likely N-dealkylation sites (tertiary alicyclic amines) is 1. The van der Waals surface area contributed by atoms with E-state index < -0.39 is 0 Å². The number of amides is 3. The van der Waals surface area contributed by atoms with Crippen molar-refractivity contribution in [1.29, 1.82) is 0 Å². The molecule has 0 unspecified atom stereocenters. The third-order valence-corrected chi connectivity index (χ3v) is 5.25. The van der Waals surface area contributed by atoms with Crippen LogP contribution in [-0.4, -0.2) is 55.1 Å². The fourth-order valence-electron chi connectivity index (χ4n) is 3.45. The summed E-state index contributed by atoms with van der Waals surface area (Å²) in [6.07, 6.45) is 2.35. The summed E-state index contributed by atoms with van der Waals surface area (Å²) in [5, 5.41) is 3.47. The summed E-state index contributed by atoms with van der Waals surface area (Å²) < 4.78 is 5.00. The quantitative estimate of drug-likeness (QED) is 0.853. The lowest BCUT2D eigenvalue weighted by molar-refractivity contribution is -0.117. The summed E-state index contributed by atoms with van der Waals surface area (Å²) in [5.41, 5.74) is 1.06. The molecule has 1 N–H and O–H groups in total. The van der Waals surface area contributed by atoms with Gasteiger partial charge in [-0.25, -0.2) is 4.79 Å². The summed E-state index contributed by atoms with van der Waals surface area (Å²) >= 11 is 6.23. The molecule has 2 aliphatic heterocycles. The number of carbonyl (C=O) groups is 3. The van der Waals surface area contributed by atoms with Crippen LogP contribution in [0.1, 0.15) is 43.0 Å². The van der Waals surface area contributed by atoms with Gasteiger partial charge in [-0.2, -0.15) is 0 Å². The first kappa shape index (κ1) is 19.5. The minimum atomic E-state index is -0.306. The average Bonchev–Trinajstić information content (AvgIpc) is 3.08. The van der Waals surface area contributed by atoms with E-state index in [9.17, 15) is 14.4 Å². The lowest BCUT2D eigenvalue weighted by Crippen LogP contribution is -2.46. The molecule has 0 atom stereocenters. The van der Waals surface area contributed by atoms with Gasteiger partial charge >= 0.3 is 6.09 Å². The molecule has 3 amide bonds. The van der Waals surface area contributed by atoms with Crippen LogP contribution in [0.2, 0.25) is 5.02 Å². The van der Waals surface area contributed by atoms with Crippen LogP contribution in [0.15, 0.2) is 18.2 Å². The first-order valence-electron chi connectivity index (χ1n) is 9.32. The lowest BCUT2D eigenvalue weighted by Gasteiger charge is -2.31. The molecule has 2 fully saturated rings. The van der Waals surface area contributed by atoms with E-state index in [-0.39, 0.29) is 23.9 Å². The summed E-state index contributed by atoms with van der Waals surface area (Å²) in [5.74, 6) is -0.171. The predicted molar refractivity (Wildman–Crippen MR) is 102 cm³/mol. The number of hydrogen-bond donors (Lipinski definition) is 1. The number of hydrogen-bond acceptors (Lipinski definition) is 4. The molecule has 7 nitrogen and oxygen atoms in total. The number of piperidine rings is 1. The van der Waals surface area contributed by atoms with Crippen molar-refractivity contribution in [2.24, 2.45) is 0 Å². The lowest BCUT2D eigenvalue weighted by atomic mass is 10.0. The van der Waals surface area contributed by atoms with Crippen LogP contribution >= 0.6 is 11.6 Å². The Bertz CT molecular complexity index is 732. The molecule has 0 aliphatic carbocycles. The normalized spacial score (nSPS) is 17.9. The predicted octanol–water partition coefficient (Wildman–Crippen LogP) is 2.82. The second kappa shape index (κ2) is 8.61. The summed E-state index contributed by atoms with van der Waals surface area (Å²) in [4.78, 5) is 39.6. The standard InChI is InChI=1S/C19H24ClN3O4/c1-2-27-19(26)22-10-7-14(8-11-22)21-18(25)13-5-6-15(20)16(12-13)23-9-3-4-17(23)24/h5-6,12,14H,2-4,7-11H2,1H3,(H,21,25). The van der Waals surface area contributed by atoms with Crippen LogP contribution < -0.4 is 10.2 Å². The van der Waals surface area contributed by atoms with E-state index in [1.807, 2.05) is 0 Å². The molecule has 0 aromatic heterocycles. The van der Waals surface area contributed by atoms with Crippen LogP contribution in [0, 0.1) is 0 Å². The van der Waals surface area contributed by atoms with Gasteiger partial charge in [0.05, 0.1) is 17.3 Å². The van der Waals surface area contributed by atoms with Crippen molar-refractivity contribution in [3.63, 3.8) is 0 Å². The van der Waals surface area contributed by atoms with Gasteiger partial charge in [-0.15, -0.1) is 0 Å². The summed E-state index contributed by atoms with van der Waals surface area (Å²) in [6.45, 7) is 3.86. The Kier molecular flexibility index (Phi) is 6.21. The largest absolute Gasteiger partial charge is 0.450 e. The van der Waals surface area contributed by atoms with Crippen molar-refractivity contribution in [1.82, 2.24) is 10.2 Å². The number of benzene rings is 1. The zero-order chi connectivity index (χ0) is 19.4. The van der Waals surface area contributed by atoms with Crippen molar-refractivity contribution in [3.8, 4) is 0 Å². The molecule has 2 saturated heterocycles. The van der Waals surface area contributed by atoms with E-state index in [4.69, 9.17) is 16.3 Å². The number of carbonyl (C=O) groups excluding carboxylic acids is 3. The van der Waals surface area contributed by atoms with E-state index in [1.54, 1.807) is 34.9 Å². The maximum atomic E-state index is 12.6. The topological polar surface area (TPSA) is 79.0 Å². The Labute approximate surface area is 163 Å². The molecule has 0 radical (unpaired) electrons. The van der Waals surface area contributed by atoms with E-state index in [0.29, 0.717) is 61.8 Å². The third kappa shape index (κ3) is 4.53. The Morgan fingerprint density at radius 2 is 2.00 bits per heavy atom. The summed E-state index contributed by atoms with van der Waals surface area (Å²) in [7, 11) is 0. The number of rotatable bonds is 4. The molecule has 0 spiro atoms. The second-order valence-corrected chi connectivity index (χ2v) is 7.16. The van der Waals surface area contributed by atoms with Crippen LogP contribution in [0.5, 0.6) is 0 Å². The highest BCUT2D eigenvalue weighted by Gasteiger charge is 2.27. The Morgan fingerprint density at radius 3 is 2.63 bits per heavy atom. The van der Waals surface area contributed by atoms with Crippen LogP contribution in [-0.2, 0) is 9.53 Å². The highest BCUT2D eigenvalue weighted by atomic mass is 35.5. The van der Waals surface area contributed by atoms with Crippen molar-refractivity contribution in [3.05, 3.63) is 28.8 Å². The zero-order valence-corrected chi connectivity index (χ0v) is 16.1.